The molecule has 1 aromatic heterocycles. The van der Waals surface area contributed by atoms with Gasteiger partial charge in [0, 0.05) is 29.8 Å². The SMILES string of the molecule is CC(C)C#CC1=CC=CN2NCC(c3ccc(-c4cnoc4)cc3)=C12. The number of nitrogens with zero attached hydrogens (tertiary/aromatic N) is 2. The Morgan fingerprint density at radius 1 is 1.16 bits per heavy atom. The molecule has 0 atom stereocenters. The van der Waals surface area contributed by atoms with Gasteiger partial charge in [-0.2, -0.15) is 0 Å². The molecule has 0 aliphatic carbocycles. The molecule has 0 spiro atoms. The second-order valence-corrected chi connectivity index (χ2v) is 6.37. The van der Waals surface area contributed by atoms with Crippen molar-refractivity contribution in [3.8, 4) is 23.0 Å². The highest BCUT2D eigenvalue weighted by atomic mass is 16.5. The van der Waals surface area contributed by atoms with Crippen LogP contribution in [0.2, 0.25) is 0 Å². The zero-order valence-corrected chi connectivity index (χ0v) is 14.3. The van der Waals surface area contributed by atoms with Crippen molar-refractivity contribution in [2.75, 3.05) is 6.54 Å². The Labute approximate surface area is 147 Å². The Morgan fingerprint density at radius 3 is 2.68 bits per heavy atom. The molecule has 0 radical (unpaired) electrons. The Kier molecular flexibility index (Phi) is 4.01. The summed E-state index contributed by atoms with van der Waals surface area (Å²) in [6, 6.07) is 8.48. The molecule has 2 aromatic rings. The normalized spacial score (nSPS) is 16.0. The highest BCUT2D eigenvalue weighted by Gasteiger charge is 2.25. The van der Waals surface area contributed by atoms with Crippen LogP contribution in [-0.4, -0.2) is 16.7 Å². The smallest absolute Gasteiger partial charge is 0.131 e. The van der Waals surface area contributed by atoms with Crippen LogP contribution in [0.5, 0.6) is 0 Å². The fraction of sp³-hybridized carbons (Fsp3) is 0.190. The Morgan fingerprint density at radius 2 is 1.96 bits per heavy atom. The highest BCUT2D eigenvalue weighted by Crippen LogP contribution is 2.33. The topological polar surface area (TPSA) is 41.3 Å². The van der Waals surface area contributed by atoms with E-state index in [2.05, 4.69) is 71.6 Å². The molecule has 1 aromatic carbocycles. The number of allylic oxidation sites excluding steroid dienone is 3. The van der Waals surface area contributed by atoms with Crippen LogP contribution in [0.4, 0.5) is 0 Å². The van der Waals surface area contributed by atoms with E-state index in [1.54, 1.807) is 12.5 Å². The second-order valence-electron chi connectivity index (χ2n) is 6.37. The number of hydrogen-bond acceptors (Lipinski definition) is 4. The summed E-state index contributed by atoms with van der Waals surface area (Å²) in [5.74, 6) is 6.94. The molecular formula is C21H19N3O. The van der Waals surface area contributed by atoms with Crippen molar-refractivity contribution in [3.63, 3.8) is 0 Å². The third kappa shape index (κ3) is 3.02. The van der Waals surface area contributed by atoms with E-state index >= 15 is 0 Å². The highest BCUT2D eigenvalue weighted by molar-refractivity contribution is 5.79. The monoisotopic (exact) mass is 329 g/mol. The number of aromatic nitrogens is 1. The van der Waals surface area contributed by atoms with Crippen molar-refractivity contribution >= 4 is 5.57 Å². The Balaban J connectivity index is 1.71. The number of benzene rings is 1. The van der Waals surface area contributed by atoms with Gasteiger partial charge in [-0.25, -0.2) is 5.43 Å². The van der Waals surface area contributed by atoms with Gasteiger partial charge >= 0.3 is 0 Å². The van der Waals surface area contributed by atoms with Crippen molar-refractivity contribution in [2.45, 2.75) is 13.8 Å². The summed E-state index contributed by atoms with van der Waals surface area (Å²) in [4.78, 5) is 0. The van der Waals surface area contributed by atoms with Crippen LogP contribution in [-0.2, 0) is 0 Å². The molecule has 4 rings (SSSR count). The first-order valence-corrected chi connectivity index (χ1v) is 8.39. The molecule has 0 amide bonds. The largest absolute Gasteiger partial charge is 0.364 e. The van der Waals surface area contributed by atoms with E-state index < -0.39 is 0 Å². The molecule has 0 bridgehead atoms. The summed E-state index contributed by atoms with van der Waals surface area (Å²) in [5.41, 5.74) is 10.1. The standard InChI is InChI=1S/C21H19N3O/c1-15(2)5-6-18-4-3-11-24-21(18)20(13-22-24)17-9-7-16(8-10-17)19-12-23-25-14-19/h3-4,7-12,14-15,22H,13H2,1-2H3. The van der Waals surface area contributed by atoms with Gasteiger partial charge in [0.05, 0.1) is 17.5 Å². The molecular weight excluding hydrogens is 310 g/mol. The van der Waals surface area contributed by atoms with Gasteiger partial charge in [-0.05, 0) is 23.3 Å². The molecule has 2 aliphatic rings. The summed E-state index contributed by atoms with van der Waals surface area (Å²) < 4.78 is 4.92. The molecule has 0 saturated heterocycles. The van der Waals surface area contributed by atoms with Gasteiger partial charge in [-0.1, -0.05) is 55.1 Å². The third-order valence-corrected chi connectivity index (χ3v) is 4.20. The van der Waals surface area contributed by atoms with Crippen LogP contribution in [0.25, 0.3) is 16.7 Å². The first-order valence-electron chi connectivity index (χ1n) is 8.39. The van der Waals surface area contributed by atoms with Gasteiger partial charge in [0.2, 0.25) is 0 Å². The maximum absolute atomic E-state index is 4.92. The lowest BCUT2D eigenvalue weighted by atomic mass is 9.97. The van der Waals surface area contributed by atoms with Crippen LogP contribution >= 0.6 is 0 Å². The molecule has 124 valence electrons. The number of hydrazine groups is 1. The van der Waals surface area contributed by atoms with E-state index in [-0.39, 0.29) is 0 Å². The van der Waals surface area contributed by atoms with Crippen molar-refractivity contribution in [1.29, 1.82) is 0 Å². The van der Waals surface area contributed by atoms with Gasteiger partial charge in [0.15, 0.2) is 0 Å². The Hall–Kier alpha value is -3.03. The van der Waals surface area contributed by atoms with E-state index in [9.17, 15) is 0 Å². The predicted octanol–water partition coefficient (Wildman–Crippen LogP) is 3.99. The van der Waals surface area contributed by atoms with Crippen molar-refractivity contribution in [3.05, 3.63) is 71.9 Å². The van der Waals surface area contributed by atoms with Gasteiger partial charge in [-0.3, -0.25) is 5.01 Å². The van der Waals surface area contributed by atoms with E-state index in [1.165, 1.54) is 11.1 Å². The van der Waals surface area contributed by atoms with Crippen molar-refractivity contribution in [2.24, 2.45) is 5.92 Å². The van der Waals surface area contributed by atoms with Gasteiger partial charge in [0.25, 0.3) is 0 Å². The predicted molar refractivity (Wildman–Crippen MR) is 98.5 cm³/mol. The first-order chi connectivity index (χ1) is 12.2. The number of nitrogens with one attached hydrogen (secondary N) is 1. The van der Waals surface area contributed by atoms with Crippen LogP contribution < -0.4 is 5.43 Å². The first kappa shape index (κ1) is 15.5. The van der Waals surface area contributed by atoms with Crippen molar-refractivity contribution in [1.82, 2.24) is 15.6 Å². The molecule has 0 saturated carbocycles. The third-order valence-electron chi connectivity index (χ3n) is 4.20. The summed E-state index contributed by atoms with van der Waals surface area (Å²) in [5, 5.41) is 5.83. The zero-order chi connectivity index (χ0) is 17.2. The number of hydrogen-bond donors (Lipinski definition) is 1. The lowest BCUT2D eigenvalue weighted by molar-refractivity contribution is 0.393. The molecule has 4 nitrogen and oxygen atoms in total. The molecule has 0 fully saturated rings. The van der Waals surface area contributed by atoms with E-state index in [0.717, 1.165) is 28.9 Å². The quantitative estimate of drug-likeness (QED) is 0.846. The fourth-order valence-electron chi connectivity index (χ4n) is 2.97. The van der Waals surface area contributed by atoms with Gasteiger partial charge in [-0.15, -0.1) is 0 Å². The van der Waals surface area contributed by atoms with Crippen LogP contribution in [0.15, 0.2) is 70.9 Å². The van der Waals surface area contributed by atoms with Crippen LogP contribution in [0.3, 0.4) is 0 Å². The number of rotatable bonds is 2. The van der Waals surface area contributed by atoms with Crippen LogP contribution in [0.1, 0.15) is 19.4 Å². The minimum absolute atomic E-state index is 0.349. The summed E-state index contributed by atoms with van der Waals surface area (Å²) >= 11 is 0. The minimum Gasteiger partial charge on any atom is -0.364 e. The van der Waals surface area contributed by atoms with E-state index in [4.69, 9.17) is 4.52 Å². The molecule has 1 N–H and O–H groups in total. The summed E-state index contributed by atoms with van der Waals surface area (Å²) in [7, 11) is 0. The summed E-state index contributed by atoms with van der Waals surface area (Å²) in [6.07, 6.45) is 9.53. The van der Waals surface area contributed by atoms with Gasteiger partial charge < -0.3 is 4.52 Å². The Bertz CT molecular complexity index is 920. The summed E-state index contributed by atoms with van der Waals surface area (Å²) in [6.45, 7) is 5.00. The van der Waals surface area contributed by atoms with E-state index in [1.807, 2.05) is 12.3 Å². The molecule has 3 heterocycles. The van der Waals surface area contributed by atoms with E-state index in [0.29, 0.717) is 5.92 Å². The van der Waals surface area contributed by atoms with Crippen LogP contribution in [0, 0.1) is 17.8 Å². The number of fused-ring (bicyclic) bond motifs is 1. The average molecular weight is 329 g/mol. The minimum atomic E-state index is 0.349. The molecule has 2 aliphatic heterocycles. The lowest BCUT2D eigenvalue weighted by Gasteiger charge is -2.20. The molecule has 0 unspecified atom stereocenters. The molecule has 25 heavy (non-hydrogen) atoms. The van der Waals surface area contributed by atoms with Gasteiger partial charge in [0.1, 0.15) is 6.26 Å². The maximum Gasteiger partial charge on any atom is 0.131 e. The fourth-order valence-corrected chi connectivity index (χ4v) is 2.97. The zero-order valence-electron chi connectivity index (χ0n) is 14.3. The lowest BCUT2D eigenvalue weighted by Crippen LogP contribution is -2.28. The van der Waals surface area contributed by atoms with Crippen molar-refractivity contribution < 1.29 is 4.52 Å². The molecule has 4 heteroatoms. The maximum atomic E-state index is 4.92. The second kappa shape index (κ2) is 6.46. The average Bonchev–Trinajstić information content (AvgIpc) is 3.30.